The Labute approximate surface area is 120 Å². The van der Waals surface area contributed by atoms with Crippen LogP contribution < -0.4 is 4.74 Å². The number of aryl methyl sites for hydroxylation is 1. The number of hydrogen-bond acceptors (Lipinski definition) is 6. The highest BCUT2D eigenvalue weighted by Gasteiger charge is 2.26. The van der Waals surface area contributed by atoms with Crippen molar-refractivity contribution in [1.82, 2.24) is 0 Å². The van der Waals surface area contributed by atoms with Crippen LogP contribution in [0.3, 0.4) is 0 Å². The van der Waals surface area contributed by atoms with Crippen molar-refractivity contribution < 1.29 is 22.8 Å². The van der Waals surface area contributed by atoms with Gasteiger partial charge in [0.15, 0.2) is 5.75 Å². The standard InChI is InChI=1S/C11H12ClNO6S/c1-7-4-10(19-8-2-3-18-6-8)9(13(14)15)5-11(7)20(12,16)17/h4-5,8H,2-3,6H2,1H3. The van der Waals surface area contributed by atoms with E-state index in [1.165, 1.54) is 13.0 Å². The van der Waals surface area contributed by atoms with Crippen LogP contribution in [0.15, 0.2) is 17.0 Å². The third-order valence-corrected chi connectivity index (χ3v) is 4.36. The fourth-order valence-corrected chi connectivity index (χ4v) is 3.13. The number of nitrogens with zero attached hydrogens (tertiary/aromatic N) is 1. The second kappa shape index (κ2) is 5.55. The number of nitro groups is 1. The molecule has 7 nitrogen and oxygen atoms in total. The highest BCUT2D eigenvalue weighted by atomic mass is 35.7. The van der Waals surface area contributed by atoms with Gasteiger partial charge in [-0.05, 0) is 18.6 Å². The molecule has 1 unspecified atom stereocenters. The summed E-state index contributed by atoms with van der Waals surface area (Å²) in [6.07, 6.45) is 0.359. The van der Waals surface area contributed by atoms with E-state index in [9.17, 15) is 18.5 Å². The minimum atomic E-state index is -4.05. The fraction of sp³-hybridized carbons (Fsp3) is 0.455. The summed E-state index contributed by atoms with van der Waals surface area (Å²) in [5.41, 5.74) is -0.138. The zero-order valence-electron chi connectivity index (χ0n) is 10.5. The van der Waals surface area contributed by atoms with Crippen molar-refractivity contribution in [3.8, 4) is 5.75 Å². The number of hydrogen-bond donors (Lipinski definition) is 0. The summed E-state index contributed by atoms with van der Waals surface area (Å²) in [5.74, 6) is 0.0204. The SMILES string of the molecule is Cc1cc(OC2CCOC2)c([N+](=O)[O-])cc1S(=O)(=O)Cl. The second-order valence-corrected chi connectivity index (χ2v) is 6.92. The third-order valence-electron chi connectivity index (χ3n) is 2.90. The molecule has 1 aromatic rings. The topological polar surface area (TPSA) is 95.7 Å². The van der Waals surface area contributed by atoms with Gasteiger partial charge in [0.1, 0.15) is 6.10 Å². The highest BCUT2D eigenvalue weighted by Crippen LogP contribution is 2.35. The Hall–Kier alpha value is -1.38. The van der Waals surface area contributed by atoms with Crippen LogP contribution in [0.1, 0.15) is 12.0 Å². The van der Waals surface area contributed by atoms with E-state index in [2.05, 4.69) is 0 Å². The lowest BCUT2D eigenvalue weighted by Crippen LogP contribution is -2.16. The van der Waals surface area contributed by atoms with Crippen LogP contribution in [0, 0.1) is 17.0 Å². The zero-order valence-corrected chi connectivity index (χ0v) is 12.1. The second-order valence-electron chi connectivity index (χ2n) is 4.38. The number of benzene rings is 1. The minimum absolute atomic E-state index is 0.0204. The maximum Gasteiger partial charge on any atom is 0.312 e. The van der Waals surface area contributed by atoms with E-state index >= 15 is 0 Å². The van der Waals surface area contributed by atoms with Gasteiger partial charge in [0.25, 0.3) is 9.05 Å². The quantitative estimate of drug-likeness (QED) is 0.478. The first-order chi connectivity index (χ1) is 9.29. The molecule has 0 bridgehead atoms. The number of halogens is 1. The van der Waals surface area contributed by atoms with E-state index in [0.717, 1.165) is 6.07 Å². The molecule has 110 valence electrons. The van der Waals surface area contributed by atoms with Gasteiger partial charge >= 0.3 is 5.69 Å². The van der Waals surface area contributed by atoms with Gasteiger partial charge < -0.3 is 9.47 Å². The summed E-state index contributed by atoms with van der Waals surface area (Å²) in [5, 5.41) is 11.0. The molecule has 0 N–H and O–H groups in total. The summed E-state index contributed by atoms with van der Waals surface area (Å²) in [6.45, 7) is 2.38. The molecule has 1 atom stereocenters. The minimum Gasteiger partial charge on any atom is -0.481 e. The molecular formula is C11H12ClNO6S. The van der Waals surface area contributed by atoms with Gasteiger partial charge in [-0.15, -0.1) is 0 Å². The van der Waals surface area contributed by atoms with Crippen LogP contribution in [-0.2, 0) is 13.8 Å². The largest absolute Gasteiger partial charge is 0.481 e. The van der Waals surface area contributed by atoms with E-state index < -0.39 is 19.7 Å². The molecule has 0 spiro atoms. The summed E-state index contributed by atoms with van der Waals surface area (Å²) >= 11 is 0. The molecule has 9 heteroatoms. The van der Waals surface area contributed by atoms with Gasteiger partial charge in [0, 0.05) is 23.2 Å². The fourth-order valence-electron chi connectivity index (χ4n) is 1.94. The van der Waals surface area contributed by atoms with Gasteiger partial charge in [-0.2, -0.15) is 0 Å². The van der Waals surface area contributed by atoms with Crippen molar-refractivity contribution in [2.24, 2.45) is 0 Å². The lowest BCUT2D eigenvalue weighted by atomic mass is 10.2. The Balaban J connectivity index is 2.45. The van der Waals surface area contributed by atoms with Crippen molar-refractivity contribution in [2.75, 3.05) is 13.2 Å². The van der Waals surface area contributed by atoms with Gasteiger partial charge in [-0.1, -0.05) is 0 Å². The summed E-state index contributed by atoms with van der Waals surface area (Å²) in [7, 11) is 1.21. The molecule has 1 aliphatic heterocycles. The molecule has 1 saturated heterocycles. The van der Waals surface area contributed by atoms with Crippen LogP contribution in [0.2, 0.25) is 0 Å². The Kier molecular flexibility index (Phi) is 4.17. The Morgan fingerprint density at radius 1 is 1.50 bits per heavy atom. The van der Waals surface area contributed by atoms with E-state index in [4.69, 9.17) is 20.2 Å². The van der Waals surface area contributed by atoms with Crippen molar-refractivity contribution in [2.45, 2.75) is 24.3 Å². The Bertz CT molecular complexity index is 639. The van der Waals surface area contributed by atoms with Crippen molar-refractivity contribution in [1.29, 1.82) is 0 Å². The molecule has 0 aliphatic carbocycles. The normalized spacial score (nSPS) is 19.0. The first-order valence-corrected chi connectivity index (χ1v) is 8.08. The predicted molar refractivity (Wildman–Crippen MR) is 70.7 cm³/mol. The van der Waals surface area contributed by atoms with Crippen molar-refractivity contribution in [3.05, 3.63) is 27.8 Å². The zero-order chi connectivity index (χ0) is 14.9. The third kappa shape index (κ3) is 3.20. The molecule has 1 aliphatic rings. The number of nitro benzene ring substituents is 1. The average molecular weight is 322 g/mol. The Morgan fingerprint density at radius 3 is 2.70 bits per heavy atom. The van der Waals surface area contributed by atoms with E-state index in [1.807, 2.05) is 0 Å². The predicted octanol–water partition coefficient (Wildman–Crippen LogP) is 2.00. The molecule has 0 aromatic heterocycles. The molecule has 0 radical (unpaired) electrons. The maximum atomic E-state index is 11.4. The van der Waals surface area contributed by atoms with E-state index in [-0.39, 0.29) is 16.7 Å². The van der Waals surface area contributed by atoms with Crippen molar-refractivity contribution >= 4 is 25.4 Å². The Morgan fingerprint density at radius 2 is 2.20 bits per heavy atom. The molecule has 0 saturated carbocycles. The van der Waals surface area contributed by atoms with Crippen LogP contribution in [0.4, 0.5) is 5.69 Å². The lowest BCUT2D eigenvalue weighted by Gasteiger charge is -2.13. The molecular weight excluding hydrogens is 310 g/mol. The molecule has 2 rings (SSSR count). The first-order valence-electron chi connectivity index (χ1n) is 5.77. The monoisotopic (exact) mass is 321 g/mol. The van der Waals surface area contributed by atoms with Gasteiger partial charge in [-0.25, -0.2) is 8.42 Å². The van der Waals surface area contributed by atoms with Gasteiger partial charge in [0.2, 0.25) is 0 Å². The van der Waals surface area contributed by atoms with E-state index in [1.54, 1.807) is 0 Å². The van der Waals surface area contributed by atoms with Crippen molar-refractivity contribution in [3.63, 3.8) is 0 Å². The number of ether oxygens (including phenoxy) is 2. The lowest BCUT2D eigenvalue weighted by molar-refractivity contribution is -0.386. The van der Waals surface area contributed by atoms with Gasteiger partial charge in [0.05, 0.1) is 23.0 Å². The maximum absolute atomic E-state index is 11.4. The molecule has 1 aromatic carbocycles. The average Bonchev–Trinajstić information content (AvgIpc) is 2.79. The molecule has 20 heavy (non-hydrogen) atoms. The summed E-state index contributed by atoms with van der Waals surface area (Å²) < 4.78 is 33.4. The smallest absolute Gasteiger partial charge is 0.312 e. The van der Waals surface area contributed by atoms with Crippen LogP contribution in [-0.4, -0.2) is 32.7 Å². The highest BCUT2D eigenvalue weighted by molar-refractivity contribution is 8.13. The van der Waals surface area contributed by atoms with Gasteiger partial charge in [-0.3, -0.25) is 10.1 Å². The summed E-state index contributed by atoms with van der Waals surface area (Å²) in [4.78, 5) is 10.1. The number of rotatable bonds is 4. The molecule has 1 heterocycles. The van der Waals surface area contributed by atoms with Crippen LogP contribution in [0.5, 0.6) is 5.75 Å². The molecule has 0 amide bonds. The molecule has 1 fully saturated rings. The van der Waals surface area contributed by atoms with Crippen LogP contribution >= 0.6 is 10.7 Å². The van der Waals surface area contributed by atoms with E-state index in [0.29, 0.717) is 25.2 Å². The summed E-state index contributed by atoms with van der Waals surface area (Å²) in [6, 6.07) is 2.23. The van der Waals surface area contributed by atoms with Crippen LogP contribution in [0.25, 0.3) is 0 Å². The first kappa shape index (κ1) is 15.0.